The minimum Gasteiger partial charge on any atom is -0.384 e. The highest BCUT2D eigenvalue weighted by Crippen LogP contribution is 2.23. The van der Waals surface area contributed by atoms with Crippen molar-refractivity contribution < 1.29 is 5.11 Å². The SMILES string of the molecule is Cc1ccncc1C(O)c1cc[c]cc1. The molecule has 1 radical (unpaired) electrons. The van der Waals surface area contributed by atoms with Gasteiger partial charge >= 0.3 is 0 Å². The van der Waals surface area contributed by atoms with Crippen molar-refractivity contribution >= 4 is 0 Å². The Bertz CT molecular complexity index is 439. The van der Waals surface area contributed by atoms with E-state index in [1.54, 1.807) is 24.5 Å². The van der Waals surface area contributed by atoms with Gasteiger partial charge in [-0.15, -0.1) is 0 Å². The average molecular weight is 198 g/mol. The lowest BCUT2D eigenvalue weighted by Gasteiger charge is -2.12. The molecule has 2 nitrogen and oxygen atoms in total. The van der Waals surface area contributed by atoms with E-state index in [-0.39, 0.29) is 0 Å². The monoisotopic (exact) mass is 198 g/mol. The van der Waals surface area contributed by atoms with Gasteiger partial charge in [0.2, 0.25) is 0 Å². The van der Waals surface area contributed by atoms with Crippen molar-refractivity contribution in [2.24, 2.45) is 0 Å². The second kappa shape index (κ2) is 4.24. The molecule has 0 aliphatic carbocycles. The van der Waals surface area contributed by atoms with Crippen LogP contribution < -0.4 is 0 Å². The van der Waals surface area contributed by atoms with Gasteiger partial charge in [0.25, 0.3) is 0 Å². The molecule has 1 atom stereocenters. The van der Waals surface area contributed by atoms with Gasteiger partial charge in [-0.2, -0.15) is 0 Å². The van der Waals surface area contributed by atoms with Gasteiger partial charge < -0.3 is 5.11 Å². The molecule has 0 aliphatic rings. The normalized spacial score (nSPS) is 12.4. The van der Waals surface area contributed by atoms with E-state index >= 15 is 0 Å². The molecule has 1 unspecified atom stereocenters. The van der Waals surface area contributed by atoms with Crippen LogP contribution in [0.4, 0.5) is 0 Å². The van der Waals surface area contributed by atoms with Gasteiger partial charge in [-0.1, -0.05) is 24.3 Å². The fraction of sp³-hybridized carbons (Fsp3) is 0.154. The molecule has 1 aromatic carbocycles. The van der Waals surface area contributed by atoms with Crippen LogP contribution in [0.5, 0.6) is 0 Å². The molecule has 1 N–H and O–H groups in total. The summed E-state index contributed by atoms with van der Waals surface area (Å²) in [6.07, 6.45) is 2.83. The van der Waals surface area contributed by atoms with Gasteiger partial charge in [-0.3, -0.25) is 4.98 Å². The van der Waals surface area contributed by atoms with E-state index < -0.39 is 6.10 Å². The molecule has 0 saturated carbocycles. The molecular weight excluding hydrogens is 186 g/mol. The number of hydrogen-bond donors (Lipinski definition) is 1. The van der Waals surface area contributed by atoms with Crippen LogP contribution in [0.25, 0.3) is 0 Å². The molecule has 15 heavy (non-hydrogen) atoms. The summed E-state index contributed by atoms with van der Waals surface area (Å²) in [7, 11) is 0. The van der Waals surface area contributed by atoms with Crippen LogP contribution in [0.3, 0.4) is 0 Å². The lowest BCUT2D eigenvalue weighted by Crippen LogP contribution is -2.02. The van der Waals surface area contributed by atoms with Gasteiger partial charge in [0.05, 0.1) is 0 Å². The molecule has 0 spiro atoms. The number of nitrogens with zero attached hydrogens (tertiary/aromatic N) is 1. The predicted molar refractivity (Wildman–Crippen MR) is 58.3 cm³/mol. The highest BCUT2D eigenvalue weighted by molar-refractivity contribution is 5.32. The summed E-state index contributed by atoms with van der Waals surface area (Å²) in [6.45, 7) is 1.97. The summed E-state index contributed by atoms with van der Waals surface area (Å²) < 4.78 is 0. The van der Waals surface area contributed by atoms with Crippen LogP contribution in [0.1, 0.15) is 22.8 Å². The largest absolute Gasteiger partial charge is 0.384 e. The van der Waals surface area contributed by atoms with Gasteiger partial charge in [0.15, 0.2) is 0 Å². The molecular formula is C13H12NO. The first kappa shape index (κ1) is 9.87. The number of aliphatic hydroxyl groups excluding tert-OH is 1. The van der Waals surface area contributed by atoms with Gasteiger partial charge in [-0.25, -0.2) is 0 Å². The summed E-state index contributed by atoms with van der Waals surface area (Å²) in [4.78, 5) is 4.02. The van der Waals surface area contributed by atoms with Crippen molar-refractivity contribution in [3.05, 3.63) is 65.5 Å². The molecule has 75 valence electrons. The minimum absolute atomic E-state index is 0.603. The fourth-order valence-electron chi connectivity index (χ4n) is 1.52. The average Bonchev–Trinajstić information content (AvgIpc) is 2.30. The third kappa shape index (κ3) is 2.05. The van der Waals surface area contributed by atoms with Crippen molar-refractivity contribution in [3.8, 4) is 0 Å². The molecule has 2 heteroatoms. The van der Waals surface area contributed by atoms with Crippen LogP contribution in [-0.4, -0.2) is 10.1 Å². The maximum Gasteiger partial charge on any atom is 0.106 e. The van der Waals surface area contributed by atoms with Gasteiger partial charge in [-0.05, 0) is 30.2 Å². The fourth-order valence-corrected chi connectivity index (χ4v) is 1.52. The number of pyridine rings is 1. The van der Waals surface area contributed by atoms with Crippen LogP contribution in [-0.2, 0) is 0 Å². The second-order valence-electron chi connectivity index (χ2n) is 3.47. The van der Waals surface area contributed by atoms with Crippen molar-refractivity contribution in [1.29, 1.82) is 0 Å². The molecule has 2 aromatic rings. The molecule has 0 saturated heterocycles. The number of aromatic nitrogens is 1. The molecule has 0 amide bonds. The lowest BCUT2D eigenvalue weighted by molar-refractivity contribution is 0.219. The second-order valence-corrected chi connectivity index (χ2v) is 3.47. The summed E-state index contributed by atoms with van der Waals surface area (Å²) in [5.41, 5.74) is 2.76. The van der Waals surface area contributed by atoms with Crippen molar-refractivity contribution in [2.75, 3.05) is 0 Å². The van der Waals surface area contributed by atoms with Gasteiger partial charge in [0, 0.05) is 18.0 Å². The smallest absolute Gasteiger partial charge is 0.106 e. The minimum atomic E-state index is -0.603. The number of aryl methyl sites for hydroxylation is 1. The molecule has 2 rings (SSSR count). The van der Waals surface area contributed by atoms with Gasteiger partial charge in [0.1, 0.15) is 6.10 Å². The van der Waals surface area contributed by atoms with Crippen LogP contribution in [0.15, 0.2) is 42.7 Å². The van der Waals surface area contributed by atoms with E-state index in [1.807, 2.05) is 25.1 Å². The van der Waals surface area contributed by atoms with E-state index in [9.17, 15) is 5.11 Å². The third-order valence-corrected chi connectivity index (χ3v) is 2.43. The van der Waals surface area contributed by atoms with Crippen LogP contribution in [0.2, 0.25) is 0 Å². The zero-order chi connectivity index (χ0) is 10.7. The Morgan fingerprint density at radius 3 is 2.67 bits per heavy atom. The van der Waals surface area contributed by atoms with Crippen LogP contribution in [0, 0.1) is 13.0 Å². The topological polar surface area (TPSA) is 33.1 Å². The highest BCUT2D eigenvalue weighted by Gasteiger charge is 2.11. The number of hydrogen-bond acceptors (Lipinski definition) is 2. The summed E-state index contributed by atoms with van der Waals surface area (Å²) in [5.74, 6) is 0. The number of rotatable bonds is 2. The number of aliphatic hydroxyl groups is 1. The summed E-state index contributed by atoms with van der Waals surface area (Å²) in [6, 6.07) is 12.1. The standard InChI is InChI=1S/C13H12NO/c1-10-7-8-14-9-12(10)13(15)11-5-3-2-4-6-11/h3-9,13,15H,1H3. The quantitative estimate of drug-likeness (QED) is 0.803. The maximum atomic E-state index is 10.1. The molecule has 0 aliphatic heterocycles. The first-order valence-corrected chi connectivity index (χ1v) is 4.83. The Morgan fingerprint density at radius 2 is 2.00 bits per heavy atom. The van der Waals surface area contributed by atoms with Crippen molar-refractivity contribution in [3.63, 3.8) is 0 Å². The molecule has 0 fully saturated rings. The first-order chi connectivity index (χ1) is 7.29. The lowest BCUT2D eigenvalue weighted by atomic mass is 10.00. The zero-order valence-corrected chi connectivity index (χ0v) is 8.51. The Balaban J connectivity index is 2.37. The molecule has 0 bridgehead atoms. The Labute approximate surface area is 89.2 Å². The van der Waals surface area contributed by atoms with E-state index in [1.165, 1.54) is 0 Å². The van der Waals surface area contributed by atoms with E-state index in [2.05, 4.69) is 11.1 Å². The third-order valence-electron chi connectivity index (χ3n) is 2.43. The Kier molecular flexibility index (Phi) is 2.79. The summed E-state index contributed by atoms with van der Waals surface area (Å²) >= 11 is 0. The van der Waals surface area contributed by atoms with E-state index in [0.717, 1.165) is 16.7 Å². The van der Waals surface area contributed by atoms with Crippen molar-refractivity contribution in [1.82, 2.24) is 4.98 Å². The highest BCUT2D eigenvalue weighted by atomic mass is 16.3. The number of benzene rings is 1. The summed E-state index contributed by atoms with van der Waals surface area (Å²) in [5, 5.41) is 10.1. The zero-order valence-electron chi connectivity index (χ0n) is 8.51. The van der Waals surface area contributed by atoms with E-state index in [0.29, 0.717) is 0 Å². The maximum absolute atomic E-state index is 10.1. The molecule has 1 heterocycles. The molecule has 1 aromatic heterocycles. The predicted octanol–water partition coefficient (Wildman–Crippen LogP) is 2.27. The van der Waals surface area contributed by atoms with Crippen molar-refractivity contribution in [2.45, 2.75) is 13.0 Å². The van der Waals surface area contributed by atoms with E-state index in [4.69, 9.17) is 0 Å². The Hall–Kier alpha value is -1.67. The van der Waals surface area contributed by atoms with Crippen LogP contribution >= 0.6 is 0 Å². The first-order valence-electron chi connectivity index (χ1n) is 4.83. The Morgan fingerprint density at radius 1 is 1.27 bits per heavy atom.